The quantitative estimate of drug-likeness (QED) is 0.230. The molecule has 8 aromatic rings. The molecule has 0 fully saturated rings. The number of benzene rings is 4. The van der Waals surface area contributed by atoms with E-state index in [9.17, 15) is 0 Å². The lowest BCUT2D eigenvalue weighted by atomic mass is 10.1. The Morgan fingerprint density at radius 1 is 0.615 bits per heavy atom. The standard InChI is InChI=1S/C33H21N5O/c1-2-8-22(9-3-1)29-17-19-37(36-29)23-10-6-11-24(20-23)39-25-15-16-26-27-12-7-18-34-32(27)38-31-14-5-4-13-30(31)35-33(38)28(26)21-25/h1-21H. The largest absolute Gasteiger partial charge is 0.457 e. The summed E-state index contributed by atoms with van der Waals surface area (Å²) in [6.07, 6.45) is 3.80. The molecule has 0 amide bonds. The van der Waals surface area contributed by atoms with Gasteiger partial charge in [-0.05, 0) is 66.0 Å². The smallest absolute Gasteiger partial charge is 0.147 e. The third-order valence-electron chi connectivity index (χ3n) is 7.06. The molecule has 4 heterocycles. The van der Waals surface area contributed by atoms with E-state index in [1.807, 2.05) is 95.9 Å². The molecule has 0 unspecified atom stereocenters. The van der Waals surface area contributed by atoms with E-state index in [4.69, 9.17) is 19.8 Å². The molecule has 0 atom stereocenters. The predicted octanol–water partition coefficient (Wildman–Crippen LogP) is 7.83. The minimum Gasteiger partial charge on any atom is -0.457 e. The van der Waals surface area contributed by atoms with Crippen LogP contribution in [0, 0.1) is 0 Å². The molecular weight excluding hydrogens is 482 g/mol. The van der Waals surface area contributed by atoms with Crippen molar-refractivity contribution in [3.05, 3.63) is 128 Å². The molecule has 184 valence electrons. The van der Waals surface area contributed by atoms with Crippen LogP contribution in [0.1, 0.15) is 0 Å². The van der Waals surface area contributed by atoms with E-state index in [0.717, 1.165) is 66.9 Å². The van der Waals surface area contributed by atoms with Crippen molar-refractivity contribution in [3.63, 3.8) is 0 Å². The lowest BCUT2D eigenvalue weighted by molar-refractivity contribution is 0.483. The summed E-state index contributed by atoms with van der Waals surface area (Å²) in [7, 11) is 0. The van der Waals surface area contributed by atoms with Gasteiger partial charge < -0.3 is 4.74 Å². The van der Waals surface area contributed by atoms with Gasteiger partial charge in [0.15, 0.2) is 0 Å². The Balaban J connectivity index is 1.22. The Bertz CT molecular complexity index is 2160. The van der Waals surface area contributed by atoms with E-state index >= 15 is 0 Å². The Kier molecular flexibility index (Phi) is 4.72. The van der Waals surface area contributed by atoms with Crippen molar-refractivity contribution in [2.24, 2.45) is 0 Å². The van der Waals surface area contributed by atoms with Gasteiger partial charge in [-0.2, -0.15) is 5.10 Å². The lowest BCUT2D eigenvalue weighted by Gasteiger charge is -2.11. The minimum atomic E-state index is 0.732. The molecule has 6 nitrogen and oxygen atoms in total. The molecule has 4 aromatic carbocycles. The second-order valence-electron chi connectivity index (χ2n) is 9.45. The Morgan fingerprint density at radius 3 is 2.44 bits per heavy atom. The Morgan fingerprint density at radius 2 is 1.49 bits per heavy atom. The van der Waals surface area contributed by atoms with Crippen molar-refractivity contribution in [2.45, 2.75) is 0 Å². The van der Waals surface area contributed by atoms with E-state index in [-0.39, 0.29) is 0 Å². The van der Waals surface area contributed by atoms with Crippen molar-refractivity contribution in [1.82, 2.24) is 24.1 Å². The molecular formula is C33H21N5O. The van der Waals surface area contributed by atoms with Crippen LogP contribution in [0.5, 0.6) is 11.5 Å². The van der Waals surface area contributed by atoms with Gasteiger partial charge in [0.2, 0.25) is 0 Å². The highest BCUT2D eigenvalue weighted by Gasteiger charge is 2.15. The zero-order valence-corrected chi connectivity index (χ0v) is 20.8. The van der Waals surface area contributed by atoms with Gasteiger partial charge in [0.25, 0.3) is 0 Å². The lowest BCUT2D eigenvalue weighted by Crippen LogP contribution is -1.96. The SMILES string of the molecule is c1ccc(-c2ccn(-c3cccc(Oc4ccc5c6cccnc6n6c7ccccc7nc6c5c4)c3)n2)cc1. The summed E-state index contributed by atoms with van der Waals surface area (Å²) in [5.74, 6) is 1.47. The fourth-order valence-electron chi connectivity index (χ4n) is 5.27. The summed E-state index contributed by atoms with van der Waals surface area (Å²) in [5.41, 5.74) is 6.66. The molecule has 39 heavy (non-hydrogen) atoms. The number of rotatable bonds is 4. The molecule has 6 heteroatoms. The van der Waals surface area contributed by atoms with E-state index in [0.29, 0.717) is 0 Å². The topological polar surface area (TPSA) is 57.2 Å². The summed E-state index contributed by atoms with van der Waals surface area (Å²) in [6.45, 7) is 0. The maximum absolute atomic E-state index is 6.38. The predicted molar refractivity (Wildman–Crippen MR) is 155 cm³/mol. The highest BCUT2D eigenvalue weighted by atomic mass is 16.5. The van der Waals surface area contributed by atoms with Crippen molar-refractivity contribution in [3.8, 4) is 28.4 Å². The molecule has 0 bridgehead atoms. The second kappa shape index (κ2) is 8.53. The number of pyridine rings is 2. The maximum Gasteiger partial charge on any atom is 0.147 e. The molecule has 0 spiro atoms. The molecule has 0 radical (unpaired) electrons. The zero-order valence-electron chi connectivity index (χ0n) is 20.8. The number of hydrogen-bond donors (Lipinski definition) is 0. The number of imidazole rings is 1. The van der Waals surface area contributed by atoms with Crippen molar-refractivity contribution < 1.29 is 4.74 Å². The number of fused-ring (bicyclic) bond motifs is 8. The number of para-hydroxylation sites is 2. The highest BCUT2D eigenvalue weighted by molar-refractivity contribution is 6.13. The third kappa shape index (κ3) is 3.54. The average molecular weight is 504 g/mol. The van der Waals surface area contributed by atoms with Crippen LogP contribution < -0.4 is 4.74 Å². The van der Waals surface area contributed by atoms with Gasteiger partial charge in [-0.1, -0.05) is 48.5 Å². The van der Waals surface area contributed by atoms with Gasteiger partial charge in [-0.3, -0.25) is 4.40 Å². The number of aromatic nitrogens is 5. The summed E-state index contributed by atoms with van der Waals surface area (Å²) in [6, 6.07) is 38.5. The van der Waals surface area contributed by atoms with E-state index < -0.39 is 0 Å². The number of ether oxygens (including phenoxy) is 1. The third-order valence-corrected chi connectivity index (χ3v) is 7.06. The van der Waals surface area contributed by atoms with Crippen molar-refractivity contribution in [1.29, 1.82) is 0 Å². The van der Waals surface area contributed by atoms with Gasteiger partial charge >= 0.3 is 0 Å². The first-order valence-corrected chi connectivity index (χ1v) is 12.8. The average Bonchev–Trinajstić information content (AvgIpc) is 3.64. The van der Waals surface area contributed by atoms with Crippen LogP contribution in [0.3, 0.4) is 0 Å². The number of hydrogen-bond acceptors (Lipinski definition) is 4. The van der Waals surface area contributed by atoms with Gasteiger partial charge in [0.1, 0.15) is 22.8 Å². The maximum atomic E-state index is 6.38. The molecule has 0 aliphatic heterocycles. The van der Waals surface area contributed by atoms with Crippen molar-refractivity contribution >= 4 is 38.5 Å². The van der Waals surface area contributed by atoms with E-state index in [2.05, 4.69) is 40.8 Å². The summed E-state index contributed by atoms with van der Waals surface area (Å²) >= 11 is 0. The molecule has 8 rings (SSSR count). The Hall–Kier alpha value is -5.49. The second-order valence-corrected chi connectivity index (χ2v) is 9.45. The first-order chi connectivity index (χ1) is 19.3. The van der Waals surface area contributed by atoms with Gasteiger partial charge in [0.05, 0.1) is 22.4 Å². The van der Waals surface area contributed by atoms with E-state index in [1.54, 1.807) is 0 Å². The van der Waals surface area contributed by atoms with Gasteiger partial charge in [-0.25, -0.2) is 14.6 Å². The van der Waals surface area contributed by atoms with Crippen molar-refractivity contribution in [2.75, 3.05) is 0 Å². The molecule has 0 saturated carbocycles. The summed E-state index contributed by atoms with van der Waals surface area (Å²) in [5, 5.41) is 7.95. The monoisotopic (exact) mass is 503 g/mol. The first-order valence-electron chi connectivity index (χ1n) is 12.8. The van der Waals surface area contributed by atoms with Crippen LogP contribution in [-0.4, -0.2) is 24.1 Å². The van der Waals surface area contributed by atoms with Crippen LogP contribution >= 0.6 is 0 Å². The normalized spacial score (nSPS) is 11.6. The van der Waals surface area contributed by atoms with Crippen LogP contribution in [0.15, 0.2) is 128 Å². The first kappa shape index (κ1) is 21.6. The summed E-state index contributed by atoms with van der Waals surface area (Å²) < 4.78 is 10.4. The molecule has 0 aliphatic rings. The number of nitrogens with zero attached hydrogens (tertiary/aromatic N) is 5. The van der Waals surface area contributed by atoms with Crippen LogP contribution in [0.2, 0.25) is 0 Å². The van der Waals surface area contributed by atoms with E-state index in [1.165, 1.54) is 0 Å². The zero-order chi connectivity index (χ0) is 25.8. The van der Waals surface area contributed by atoms with Crippen LogP contribution in [0.4, 0.5) is 0 Å². The fourth-order valence-corrected chi connectivity index (χ4v) is 5.27. The van der Waals surface area contributed by atoms with Crippen LogP contribution in [-0.2, 0) is 0 Å². The van der Waals surface area contributed by atoms with Gasteiger partial charge in [0, 0.05) is 34.8 Å². The summed E-state index contributed by atoms with van der Waals surface area (Å²) in [4.78, 5) is 9.69. The molecule has 0 aliphatic carbocycles. The molecule has 0 N–H and O–H groups in total. The molecule has 4 aromatic heterocycles. The fraction of sp³-hybridized carbons (Fsp3) is 0. The Labute approximate surface area is 223 Å². The van der Waals surface area contributed by atoms with Gasteiger partial charge in [-0.15, -0.1) is 0 Å². The van der Waals surface area contributed by atoms with Crippen LogP contribution in [0.25, 0.3) is 55.4 Å². The minimum absolute atomic E-state index is 0.732. The highest BCUT2D eigenvalue weighted by Crippen LogP contribution is 2.35. The molecule has 0 saturated heterocycles.